The maximum absolute atomic E-state index is 12.2. The average molecular weight is 360 g/mol. The van der Waals surface area contributed by atoms with Crippen LogP contribution in [-0.2, 0) is 9.53 Å². The molecule has 6 heteroatoms. The Morgan fingerprint density at radius 2 is 2.15 bits per heavy atom. The summed E-state index contributed by atoms with van der Waals surface area (Å²) in [5.74, 6) is 1.72. The minimum absolute atomic E-state index is 0.0400. The average Bonchev–Trinajstić information content (AvgIpc) is 3.39. The third-order valence-electron chi connectivity index (χ3n) is 5.70. The molecule has 1 amide bonds. The molecule has 1 aromatic rings. The van der Waals surface area contributed by atoms with Gasteiger partial charge in [-0.05, 0) is 43.4 Å². The van der Waals surface area contributed by atoms with Crippen molar-refractivity contribution in [3.05, 3.63) is 23.8 Å². The van der Waals surface area contributed by atoms with E-state index in [-0.39, 0.29) is 30.6 Å². The third-order valence-corrected chi connectivity index (χ3v) is 5.70. The molecule has 142 valence electrons. The van der Waals surface area contributed by atoms with E-state index in [1.807, 2.05) is 26.2 Å². The van der Waals surface area contributed by atoms with Gasteiger partial charge in [0.25, 0.3) is 0 Å². The van der Waals surface area contributed by atoms with E-state index < -0.39 is 6.10 Å². The van der Waals surface area contributed by atoms with Crippen LogP contribution in [0, 0.1) is 5.92 Å². The minimum Gasteiger partial charge on any atom is -0.487 e. The predicted molar refractivity (Wildman–Crippen MR) is 98.6 cm³/mol. The van der Waals surface area contributed by atoms with Crippen molar-refractivity contribution in [2.24, 2.45) is 5.92 Å². The first-order valence-corrected chi connectivity index (χ1v) is 9.56. The van der Waals surface area contributed by atoms with Crippen LogP contribution in [0.1, 0.15) is 37.2 Å². The van der Waals surface area contributed by atoms with Crippen molar-refractivity contribution in [2.45, 2.75) is 49.9 Å². The smallest absolute Gasteiger partial charge is 0.222 e. The molecule has 4 atom stereocenters. The summed E-state index contributed by atoms with van der Waals surface area (Å²) in [6.07, 6.45) is 2.75. The number of carbonyl (C=O) groups is 1. The van der Waals surface area contributed by atoms with E-state index in [9.17, 15) is 9.90 Å². The number of carbonyl (C=O) groups excluding carboxylic acids is 1. The SMILES string of the molecule is CN(C)c1ccc2c(c1)[C@@H]1C[C@H](CC(=O)NCC3CC3)O[C@@H](CO)[C@@H]1O2. The second kappa shape index (κ2) is 7.08. The van der Waals surface area contributed by atoms with Crippen LogP contribution in [0.4, 0.5) is 5.69 Å². The Morgan fingerprint density at radius 3 is 2.85 bits per heavy atom. The number of aliphatic hydroxyl groups is 1. The van der Waals surface area contributed by atoms with Crippen LogP contribution in [0.2, 0.25) is 0 Å². The molecule has 0 spiro atoms. The Labute approximate surface area is 154 Å². The highest BCUT2D eigenvalue weighted by Gasteiger charge is 2.46. The molecule has 2 aliphatic heterocycles. The molecule has 3 aliphatic rings. The van der Waals surface area contributed by atoms with Gasteiger partial charge in [0.2, 0.25) is 5.91 Å². The van der Waals surface area contributed by atoms with Gasteiger partial charge in [0.1, 0.15) is 18.0 Å². The molecule has 0 radical (unpaired) electrons. The Balaban J connectivity index is 1.47. The first-order chi connectivity index (χ1) is 12.5. The van der Waals surface area contributed by atoms with E-state index in [1.54, 1.807) is 0 Å². The Bertz CT molecular complexity index is 674. The molecule has 0 aromatic heterocycles. The molecule has 1 aromatic carbocycles. The van der Waals surface area contributed by atoms with Crippen LogP contribution < -0.4 is 15.0 Å². The predicted octanol–water partition coefficient (Wildman–Crippen LogP) is 1.66. The lowest BCUT2D eigenvalue weighted by Gasteiger charge is -2.37. The largest absolute Gasteiger partial charge is 0.487 e. The van der Waals surface area contributed by atoms with E-state index in [2.05, 4.69) is 16.3 Å². The topological polar surface area (TPSA) is 71.0 Å². The fourth-order valence-electron chi connectivity index (χ4n) is 4.01. The highest BCUT2D eigenvalue weighted by Crippen LogP contribution is 2.47. The zero-order valence-corrected chi connectivity index (χ0v) is 15.5. The number of anilines is 1. The summed E-state index contributed by atoms with van der Waals surface area (Å²) >= 11 is 0. The summed E-state index contributed by atoms with van der Waals surface area (Å²) in [7, 11) is 4.03. The number of fused-ring (bicyclic) bond motifs is 3. The molecular weight excluding hydrogens is 332 g/mol. The van der Waals surface area contributed by atoms with Crippen molar-refractivity contribution in [2.75, 3.05) is 32.1 Å². The number of rotatable bonds is 6. The summed E-state index contributed by atoms with van der Waals surface area (Å²) < 4.78 is 12.1. The second-order valence-electron chi connectivity index (χ2n) is 7.97. The quantitative estimate of drug-likeness (QED) is 0.807. The van der Waals surface area contributed by atoms with E-state index in [0.29, 0.717) is 12.3 Å². The van der Waals surface area contributed by atoms with Gasteiger partial charge >= 0.3 is 0 Å². The summed E-state index contributed by atoms with van der Waals surface area (Å²) in [6, 6.07) is 6.19. The van der Waals surface area contributed by atoms with Crippen LogP contribution in [0.5, 0.6) is 5.75 Å². The van der Waals surface area contributed by atoms with Crippen LogP contribution in [0.25, 0.3) is 0 Å². The lowest BCUT2D eigenvalue weighted by Crippen LogP contribution is -2.47. The van der Waals surface area contributed by atoms with Crippen molar-refractivity contribution >= 4 is 11.6 Å². The first kappa shape index (κ1) is 17.6. The number of amides is 1. The highest BCUT2D eigenvalue weighted by molar-refractivity contribution is 5.76. The summed E-state index contributed by atoms with van der Waals surface area (Å²) in [5, 5.41) is 12.8. The molecule has 0 unspecified atom stereocenters. The fourth-order valence-corrected chi connectivity index (χ4v) is 4.01. The maximum atomic E-state index is 12.2. The number of hydrogen-bond acceptors (Lipinski definition) is 5. The first-order valence-electron chi connectivity index (χ1n) is 9.56. The molecule has 4 rings (SSSR count). The number of hydrogen-bond donors (Lipinski definition) is 2. The van der Waals surface area contributed by atoms with E-state index in [4.69, 9.17) is 9.47 Å². The normalized spacial score (nSPS) is 29.5. The summed E-state index contributed by atoms with van der Waals surface area (Å²) in [4.78, 5) is 14.3. The van der Waals surface area contributed by atoms with Crippen molar-refractivity contribution < 1.29 is 19.4 Å². The van der Waals surface area contributed by atoms with E-state index in [0.717, 1.165) is 30.0 Å². The molecule has 2 N–H and O–H groups in total. The Morgan fingerprint density at radius 1 is 1.35 bits per heavy atom. The Hall–Kier alpha value is -1.79. The fraction of sp³-hybridized carbons (Fsp3) is 0.650. The second-order valence-corrected chi connectivity index (χ2v) is 7.97. The molecule has 2 fully saturated rings. The van der Waals surface area contributed by atoms with Gasteiger partial charge in [0.15, 0.2) is 0 Å². The monoisotopic (exact) mass is 360 g/mol. The highest BCUT2D eigenvalue weighted by atomic mass is 16.6. The number of nitrogens with zero attached hydrogens (tertiary/aromatic N) is 1. The molecule has 2 heterocycles. The third kappa shape index (κ3) is 3.53. The van der Waals surface area contributed by atoms with Gasteiger partial charge in [-0.1, -0.05) is 0 Å². The molecule has 0 bridgehead atoms. The van der Waals surface area contributed by atoms with Crippen molar-refractivity contribution in [1.82, 2.24) is 5.32 Å². The number of nitrogens with one attached hydrogen (secondary N) is 1. The molecule has 1 saturated heterocycles. The standard InChI is InChI=1S/C20H28N2O4/c1-22(2)13-5-6-17-15(7-13)16-8-14(25-18(11-23)20(16)26-17)9-19(24)21-10-12-3-4-12/h5-7,12,14,16,18,20,23H,3-4,8-11H2,1-2H3,(H,21,24)/t14-,16+,18+,20-/m1/s1. The molecular formula is C20H28N2O4. The van der Waals surface area contributed by atoms with Crippen LogP contribution in [0.3, 0.4) is 0 Å². The van der Waals surface area contributed by atoms with Crippen molar-refractivity contribution in [3.8, 4) is 5.75 Å². The van der Waals surface area contributed by atoms with Gasteiger partial charge in [-0.25, -0.2) is 0 Å². The molecule has 1 saturated carbocycles. The van der Waals surface area contributed by atoms with Gasteiger partial charge < -0.3 is 24.8 Å². The molecule has 1 aliphatic carbocycles. The van der Waals surface area contributed by atoms with Gasteiger partial charge in [0.05, 0.1) is 19.1 Å². The van der Waals surface area contributed by atoms with Gasteiger partial charge in [0, 0.05) is 37.8 Å². The summed E-state index contributed by atoms with van der Waals surface area (Å²) in [5.41, 5.74) is 2.28. The molecule has 26 heavy (non-hydrogen) atoms. The number of benzene rings is 1. The van der Waals surface area contributed by atoms with Crippen molar-refractivity contribution in [3.63, 3.8) is 0 Å². The lowest BCUT2D eigenvalue weighted by atomic mass is 9.84. The van der Waals surface area contributed by atoms with Gasteiger partial charge in [-0.3, -0.25) is 4.79 Å². The number of ether oxygens (including phenoxy) is 2. The van der Waals surface area contributed by atoms with Crippen LogP contribution >= 0.6 is 0 Å². The van der Waals surface area contributed by atoms with E-state index >= 15 is 0 Å². The Kier molecular flexibility index (Phi) is 4.80. The minimum atomic E-state index is -0.398. The zero-order chi connectivity index (χ0) is 18.3. The lowest BCUT2D eigenvalue weighted by molar-refractivity contribution is -0.142. The van der Waals surface area contributed by atoms with Gasteiger partial charge in [-0.15, -0.1) is 0 Å². The number of aliphatic hydroxyl groups excluding tert-OH is 1. The molecule has 6 nitrogen and oxygen atoms in total. The van der Waals surface area contributed by atoms with Crippen LogP contribution in [-0.4, -0.2) is 56.6 Å². The van der Waals surface area contributed by atoms with E-state index in [1.165, 1.54) is 12.8 Å². The zero-order valence-electron chi connectivity index (χ0n) is 15.5. The van der Waals surface area contributed by atoms with Crippen molar-refractivity contribution in [1.29, 1.82) is 0 Å². The van der Waals surface area contributed by atoms with Crippen LogP contribution in [0.15, 0.2) is 18.2 Å². The van der Waals surface area contributed by atoms with Gasteiger partial charge in [-0.2, -0.15) is 0 Å². The summed E-state index contributed by atoms with van der Waals surface area (Å²) in [6.45, 7) is 0.676. The maximum Gasteiger partial charge on any atom is 0.222 e.